The molecule has 3 fully saturated rings. The van der Waals surface area contributed by atoms with Crippen LogP contribution in [0.1, 0.15) is 60.0 Å². The molecule has 0 unspecified atom stereocenters. The summed E-state index contributed by atoms with van der Waals surface area (Å²) in [7, 11) is 1.49. The van der Waals surface area contributed by atoms with E-state index in [1.54, 1.807) is 35.2 Å². The van der Waals surface area contributed by atoms with Crippen LogP contribution in [0.3, 0.4) is 0 Å². The Morgan fingerprint density at radius 2 is 1.72 bits per heavy atom. The van der Waals surface area contributed by atoms with Crippen LogP contribution in [0.2, 0.25) is 0 Å². The maximum absolute atomic E-state index is 14.5. The van der Waals surface area contributed by atoms with Gasteiger partial charge in [0.2, 0.25) is 5.91 Å². The molecule has 3 aliphatic rings. The zero-order valence-corrected chi connectivity index (χ0v) is 24.4. The van der Waals surface area contributed by atoms with Gasteiger partial charge in [-0.3, -0.25) is 29.3 Å². The first-order valence-corrected chi connectivity index (χ1v) is 14.8. The van der Waals surface area contributed by atoms with Crippen LogP contribution in [0.25, 0.3) is 11.0 Å². The van der Waals surface area contributed by atoms with Crippen molar-refractivity contribution in [3.8, 4) is 0 Å². The summed E-state index contributed by atoms with van der Waals surface area (Å²) in [6.45, 7) is 2.51. The monoisotopic (exact) mass is 586 g/mol. The SMILES string of the molecule is Cc1ccc(F)c(C(=O)N[C@@H](C(=O)N2CCC3(CC2)C(=O)N(C)C(=O)N3Cc2ccc3nccnc3c2)C2CCCC2)c1. The molecule has 1 spiro atoms. The molecule has 1 aromatic heterocycles. The molecule has 6 rings (SSSR count). The van der Waals surface area contributed by atoms with Crippen molar-refractivity contribution in [3.05, 3.63) is 71.3 Å². The summed E-state index contributed by atoms with van der Waals surface area (Å²) in [5.74, 6) is -1.79. The number of halogens is 1. The van der Waals surface area contributed by atoms with Crippen LogP contribution in [-0.2, 0) is 16.1 Å². The van der Waals surface area contributed by atoms with Crippen LogP contribution in [0.15, 0.2) is 48.8 Å². The quantitative estimate of drug-likeness (QED) is 0.439. The standard InChI is InChI=1S/C32H35FN6O4/c1-20-7-9-24(33)23(17-20)28(40)36-27(22-5-3-4-6-22)29(41)38-15-11-32(12-16-38)30(42)37(2)31(43)39(32)19-21-8-10-25-26(18-21)35-14-13-34-25/h7-10,13-14,17-18,22,27H,3-6,11-12,15-16,19H2,1-2H3,(H,36,40)/t27-/m1/s1. The number of urea groups is 1. The highest BCUT2D eigenvalue weighted by atomic mass is 19.1. The average molecular weight is 587 g/mol. The van der Waals surface area contributed by atoms with Crippen LogP contribution in [0, 0.1) is 18.7 Å². The smallest absolute Gasteiger partial charge is 0.327 e. The first-order chi connectivity index (χ1) is 20.7. The van der Waals surface area contributed by atoms with Crippen molar-refractivity contribution >= 4 is 34.8 Å². The van der Waals surface area contributed by atoms with E-state index in [0.717, 1.165) is 47.2 Å². The number of likely N-dealkylation sites (tertiary alicyclic amines) is 1. The molecule has 1 aliphatic carbocycles. The fraction of sp³-hybridized carbons (Fsp3) is 0.438. The number of hydrogen-bond donors (Lipinski definition) is 1. The van der Waals surface area contributed by atoms with Crippen LogP contribution >= 0.6 is 0 Å². The lowest BCUT2D eigenvalue weighted by Crippen LogP contribution is -2.60. The number of carbonyl (C=O) groups is 4. The molecule has 224 valence electrons. The topological polar surface area (TPSA) is 116 Å². The summed E-state index contributed by atoms with van der Waals surface area (Å²) in [5.41, 5.74) is 1.86. The van der Waals surface area contributed by atoms with Crippen molar-refractivity contribution in [2.75, 3.05) is 20.1 Å². The van der Waals surface area contributed by atoms with Crippen molar-refractivity contribution < 1.29 is 23.6 Å². The van der Waals surface area contributed by atoms with Gasteiger partial charge in [-0.15, -0.1) is 0 Å². The molecule has 3 aromatic rings. The number of rotatable bonds is 6. The molecule has 1 saturated carbocycles. The van der Waals surface area contributed by atoms with E-state index in [4.69, 9.17) is 0 Å². The molecule has 10 nitrogen and oxygen atoms in total. The minimum Gasteiger partial charge on any atom is -0.341 e. The summed E-state index contributed by atoms with van der Waals surface area (Å²) in [5, 5.41) is 2.86. The van der Waals surface area contributed by atoms with Crippen LogP contribution < -0.4 is 5.32 Å². The van der Waals surface area contributed by atoms with Crippen LogP contribution in [-0.4, -0.2) is 80.1 Å². The second kappa shape index (κ2) is 11.3. The highest BCUT2D eigenvalue weighted by Gasteiger charge is 2.57. The van der Waals surface area contributed by atoms with Crippen LogP contribution in [0.5, 0.6) is 0 Å². The molecular weight excluding hydrogens is 551 g/mol. The van der Waals surface area contributed by atoms with Crippen molar-refractivity contribution in [1.29, 1.82) is 0 Å². The lowest BCUT2D eigenvalue weighted by Gasteiger charge is -2.43. The van der Waals surface area contributed by atoms with E-state index in [1.165, 1.54) is 19.2 Å². The molecule has 11 heteroatoms. The second-order valence-electron chi connectivity index (χ2n) is 11.9. The summed E-state index contributed by atoms with van der Waals surface area (Å²) >= 11 is 0. The Balaban J connectivity index is 1.20. The van der Waals surface area contributed by atoms with E-state index in [-0.39, 0.29) is 61.8 Å². The van der Waals surface area contributed by atoms with Gasteiger partial charge in [0.15, 0.2) is 0 Å². The first-order valence-electron chi connectivity index (χ1n) is 14.8. The zero-order chi connectivity index (χ0) is 30.3. The van der Waals surface area contributed by atoms with E-state index in [1.807, 2.05) is 18.2 Å². The van der Waals surface area contributed by atoms with Gasteiger partial charge in [0, 0.05) is 39.1 Å². The van der Waals surface area contributed by atoms with E-state index in [0.29, 0.717) is 5.52 Å². The highest BCUT2D eigenvalue weighted by molar-refractivity contribution is 6.07. The molecule has 1 atom stereocenters. The number of likely N-dealkylation sites (N-methyl/N-ethyl adjacent to an activating group) is 1. The summed E-state index contributed by atoms with van der Waals surface area (Å²) in [6, 6.07) is 8.78. The van der Waals surface area contributed by atoms with Gasteiger partial charge in [0.05, 0.1) is 16.6 Å². The summed E-state index contributed by atoms with van der Waals surface area (Å²) in [6.07, 6.45) is 7.30. The van der Waals surface area contributed by atoms with Gasteiger partial charge in [-0.2, -0.15) is 0 Å². The molecule has 43 heavy (non-hydrogen) atoms. The summed E-state index contributed by atoms with van der Waals surface area (Å²) in [4.78, 5) is 67.1. The van der Waals surface area contributed by atoms with E-state index in [2.05, 4.69) is 15.3 Å². The molecular formula is C32H35FN6O4. The number of imide groups is 1. The fourth-order valence-corrected chi connectivity index (χ4v) is 6.87. The second-order valence-corrected chi connectivity index (χ2v) is 11.9. The van der Waals surface area contributed by atoms with Crippen molar-refractivity contribution in [3.63, 3.8) is 0 Å². The first kappa shape index (κ1) is 28.7. The maximum atomic E-state index is 14.5. The summed E-state index contributed by atoms with van der Waals surface area (Å²) < 4.78 is 14.5. The van der Waals surface area contributed by atoms with E-state index < -0.39 is 23.3 Å². The largest absolute Gasteiger partial charge is 0.341 e. The van der Waals surface area contributed by atoms with Gasteiger partial charge in [0.25, 0.3) is 11.8 Å². The molecule has 0 bridgehead atoms. The molecule has 3 heterocycles. The van der Waals surface area contributed by atoms with Crippen molar-refractivity contribution in [1.82, 2.24) is 30.0 Å². The number of carbonyl (C=O) groups excluding carboxylic acids is 4. The number of nitrogens with one attached hydrogen (secondary N) is 1. The number of aryl methyl sites for hydroxylation is 1. The number of hydrogen-bond acceptors (Lipinski definition) is 6. The Morgan fingerprint density at radius 1 is 1.02 bits per heavy atom. The Hall–Kier alpha value is -4.41. The van der Waals surface area contributed by atoms with E-state index >= 15 is 0 Å². The van der Waals surface area contributed by atoms with Gasteiger partial charge in [-0.1, -0.05) is 30.5 Å². The van der Waals surface area contributed by atoms with Crippen molar-refractivity contribution in [2.24, 2.45) is 5.92 Å². The minimum absolute atomic E-state index is 0.0477. The number of nitrogens with zero attached hydrogens (tertiary/aromatic N) is 5. The minimum atomic E-state index is -1.07. The normalized spacial score (nSPS) is 19.5. The Morgan fingerprint density at radius 3 is 2.44 bits per heavy atom. The number of amides is 5. The Labute approximate surface area is 249 Å². The average Bonchev–Trinajstić information content (AvgIpc) is 3.61. The Bertz CT molecular complexity index is 1600. The van der Waals surface area contributed by atoms with Gasteiger partial charge >= 0.3 is 6.03 Å². The molecule has 2 aromatic carbocycles. The van der Waals surface area contributed by atoms with E-state index in [9.17, 15) is 23.6 Å². The van der Waals surface area contributed by atoms with Gasteiger partial charge in [-0.05, 0) is 68.4 Å². The molecule has 1 N–H and O–H groups in total. The molecule has 2 saturated heterocycles. The lowest BCUT2D eigenvalue weighted by molar-refractivity contribution is -0.142. The zero-order valence-electron chi connectivity index (χ0n) is 24.4. The van der Waals surface area contributed by atoms with Crippen molar-refractivity contribution in [2.45, 2.75) is 63.6 Å². The third-order valence-electron chi connectivity index (χ3n) is 9.30. The van der Waals surface area contributed by atoms with Crippen LogP contribution in [0.4, 0.5) is 9.18 Å². The highest BCUT2D eigenvalue weighted by Crippen LogP contribution is 2.39. The maximum Gasteiger partial charge on any atom is 0.327 e. The van der Waals surface area contributed by atoms with Gasteiger partial charge in [-0.25, -0.2) is 9.18 Å². The number of aromatic nitrogens is 2. The lowest BCUT2D eigenvalue weighted by atomic mass is 9.84. The predicted octanol–water partition coefficient (Wildman–Crippen LogP) is 3.82. The number of fused-ring (bicyclic) bond motifs is 1. The fourth-order valence-electron chi connectivity index (χ4n) is 6.87. The third kappa shape index (κ3) is 5.21. The third-order valence-corrected chi connectivity index (χ3v) is 9.30. The number of benzene rings is 2. The molecule has 2 aliphatic heterocycles. The molecule has 0 radical (unpaired) electrons. The Kier molecular flexibility index (Phi) is 7.57. The van der Waals surface area contributed by atoms with Gasteiger partial charge in [0.1, 0.15) is 17.4 Å². The number of piperidine rings is 1. The molecule has 5 amide bonds. The van der Waals surface area contributed by atoms with Gasteiger partial charge < -0.3 is 15.1 Å². The predicted molar refractivity (Wildman–Crippen MR) is 156 cm³/mol.